The average molecular weight is 440 g/mol. The fourth-order valence-electron chi connectivity index (χ4n) is 2.76. The molecule has 1 amide bonds. The molecule has 1 aromatic rings. The summed E-state index contributed by atoms with van der Waals surface area (Å²) < 4.78 is 18.0. The lowest BCUT2D eigenvalue weighted by Gasteiger charge is -2.39. The maximum Gasteiger partial charge on any atom is 0.410 e. The molecule has 2 rings (SSSR count). The van der Waals surface area contributed by atoms with Crippen molar-refractivity contribution in [3.8, 4) is 5.88 Å². The number of carbonyl (C=O) groups is 1. The summed E-state index contributed by atoms with van der Waals surface area (Å²) in [5.74, 6) is -0.0811. The van der Waals surface area contributed by atoms with E-state index in [4.69, 9.17) is 13.9 Å². The van der Waals surface area contributed by atoms with Gasteiger partial charge in [0.05, 0.1) is 18.0 Å². The molecule has 2 unspecified atom stereocenters. The van der Waals surface area contributed by atoms with E-state index < -0.39 is 37.1 Å². The molecule has 30 heavy (non-hydrogen) atoms. The molecule has 1 aromatic heterocycles. The molecule has 0 aliphatic carbocycles. The third-order valence-corrected chi connectivity index (χ3v) is 9.83. The summed E-state index contributed by atoms with van der Waals surface area (Å²) in [6.45, 7) is 16.5. The van der Waals surface area contributed by atoms with Crippen molar-refractivity contribution < 1.29 is 23.6 Å². The van der Waals surface area contributed by atoms with Crippen molar-refractivity contribution in [3.05, 3.63) is 28.4 Å². The quantitative estimate of drug-likeness (QED) is 0.381. The van der Waals surface area contributed by atoms with Crippen LogP contribution < -0.4 is 4.74 Å². The van der Waals surface area contributed by atoms with Gasteiger partial charge in [-0.05, 0) is 45.0 Å². The Morgan fingerprint density at radius 2 is 1.80 bits per heavy atom. The van der Waals surface area contributed by atoms with Crippen LogP contribution in [-0.4, -0.2) is 60.1 Å². The van der Waals surface area contributed by atoms with Gasteiger partial charge >= 0.3 is 11.8 Å². The summed E-state index contributed by atoms with van der Waals surface area (Å²) in [5, 5.41) is 11.3. The smallest absolute Gasteiger partial charge is 0.410 e. The second-order valence-electron chi connectivity index (χ2n) is 10.0. The van der Waals surface area contributed by atoms with E-state index in [9.17, 15) is 14.9 Å². The van der Waals surface area contributed by atoms with Crippen LogP contribution in [0.5, 0.6) is 5.88 Å². The first-order valence-corrected chi connectivity index (χ1v) is 12.9. The van der Waals surface area contributed by atoms with Gasteiger partial charge in [0, 0.05) is 12.3 Å². The number of pyridine rings is 1. The summed E-state index contributed by atoms with van der Waals surface area (Å²) in [5.41, 5.74) is -0.856. The predicted octanol–water partition coefficient (Wildman–Crippen LogP) is 4.38. The van der Waals surface area contributed by atoms with Crippen LogP contribution in [0.2, 0.25) is 18.1 Å². The molecule has 0 bridgehead atoms. The Balaban J connectivity index is 2.29. The van der Waals surface area contributed by atoms with Crippen molar-refractivity contribution in [2.24, 2.45) is 0 Å². The third kappa shape index (κ3) is 5.91. The number of nitrogens with zero attached hydrogens (tertiary/aromatic N) is 3. The molecule has 0 saturated carbocycles. The minimum Gasteiger partial charge on any atom is -0.465 e. The average Bonchev–Trinajstić information content (AvgIpc) is 2.95. The highest BCUT2D eigenvalue weighted by atomic mass is 28.4. The highest BCUT2D eigenvalue weighted by Gasteiger charge is 2.46. The van der Waals surface area contributed by atoms with Gasteiger partial charge in [-0.25, -0.2) is 9.78 Å². The highest BCUT2D eigenvalue weighted by molar-refractivity contribution is 6.74. The zero-order valence-electron chi connectivity index (χ0n) is 19.1. The lowest BCUT2D eigenvalue weighted by molar-refractivity contribution is -0.386. The van der Waals surface area contributed by atoms with Crippen LogP contribution in [0.1, 0.15) is 41.5 Å². The lowest BCUT2D eigenvalue weighted by atomic mass is 10.2. The maximum absolute atomic E-state index is 12.6. The number of rotatable bonds is 5. The first-order chi connectivity index (χ1) is 13.6. The molecular weight excluding hydrogens is 406 g/mol. The molecule has 1 fully saturated rings. The van der Waals surface area contributed by atoms with E-state index in [0.29, 0.717) is 0 Å². The standard InChI is InChI=1S/C20H33N3O6Si/c1-19(2,3)28-18(24)22-12-15(16(13-22)29-30(7,8)20(4,5)6)27-17-14(23(25)26)10-9-11-21-17/h9-11,15-16H,12-13H2,1-8H3. The van der Waals surface area contributed by atoms with Crippen LogP contribution in [0.25, 0.3) is 0 Å². The van der Waals surface area contributed by atoms with Gasteiger partial charge in [0.2, 0.25) is 0 Å². The minimum absolute atomic E-state index is 0.0477. The predicted molar refractivity (Wildman–Crippen MR) is 115 cm³/mol. The zero-order valence-corrected chi connectivity index (χ0v) is 20.1. The molecular formula is C20H33N3O6Si. The molecule has 0 spiro atoms. The highest BCUT2D eigenvalue weighted by Crippen LogP contribution is 2.39. The first kappa shape index (κ1) is 24.1. The number of likely N-dealkylation sites (tertiary alicyclic amines) is 1. The van der Waals surface area contributed by atoms with Crippen molar-refractivity contribution in [1.29, 1.82) is 0 Å². The summed E-state index contributed by atoms with van der Waals surface area (Å²) in [7, 11) is -2.19. The topological polar surface area (TPSA) is 104 Å². The summed E-state index contributed by atoms with van der Waals surface area (Å²) in [6, 6.07) is 2.82. The molecule has 0 aromatic carbocycles. The zero-order chi connectivity index (χ0) is 22.9. The van der Waals surface area contributed by atoms with E-state index in [1.165, 1.54) is 23.2 Å². The molecule has 0 radical (unpaired) electrons. The maximum atomic E-state index is 12.6. The van der Waals surface area contributed by atoms with Crippen LogP contribution in [-0.2, 0) is 9.16 Å². The molecule has 10 heteroatoms. The Hall–Kier alpha value is -2.20. The van der Waals surface area contributed by atoms with E-state index >= 15 is 0 Å². The Morgan fingerprint density at radius 3 is 2.33 bits per heavy atom. The number of amides is 1. The van der Waals surface area contributed by atoms with Gasteiger partial charge in [-0.3, -0.25) is 10.1 Å². The Bertz CT molecular complexity index is 787. The van der Waals surface area contributed by atoms with Gasteiger partial charge in [0.25, 0.3) is 5.88 Å². The molecule has 2 atom stereocenters. The second-order valence-corrected chi connectivity index (χ2v) is 14.8. The molecule has 0 N–H and O–H groups in total. The number of ether oxygens (including phenoxy) is 2. The molecule has 1 saturated heterocycles. The normalized spacial score (nSPS) is 20.2. The van der Waals surface area contributed by atoms with Crippen LogP contribution in [0, 0.1) is 10.1 Å². The van der Waals surface area contributed by atoms with Gasteiger partial charge in [-0.2, -0.15) is 0 Å². The van der Waals surface area contributed by atoms with Crippen LogP contribution >= 0.6 is 0 Å². The van der Waals surface area contributed by atoms with Gasteiger partial charge in [0.1, 0.15) is 17.8 Å². The van der Waals surface area contributed by atoms with E-state index in [0.717, 1.165) is 0 Å². The molecule has 1 aliphatic heterocycles. The minimum atomic E-state index is -2.19. The van der Waals surface area contributed by atoms with Gasteiger partial charge < -0.3 is 18.8 Å². The monoisotopic (exact) mass is 439 g/mol. The molecule has 168 valence electrons. The van der Waals surface area contributed by atoms with Crippen molar-refractivity contribution in [2.75, 3.05) is 13.1 Å². The molecule has 2 heterocycles. The van der Waals surface area contributed by atoms with Crippen LogP contribution in [0.15, 0.2) is 18.3 Å². The SMILES string of the molecule is CC(C)(C)OC(=O)N1CC(Oc2ncccc2[N+](=O)[O-])C(O[Si](C)(C)C(C)(C)C)C1. The largest absolute Gasteiger partial charge is 0.465 e. The van der Waals surface area contributed by atoms with Crippen LogP contribution in [0.4, 0.5) is 10.5 Å². The van der Waals surface area contributed by atoms with Gasteiger partial charge in [0.15, 0.2) is 8.32 Å². The van der Waals surface area contributed by atoms with Gasteiger partial charge in [-0.15, -0.1) is 0 Å². The number of nitro groups is 1. The van der Waals surface area contributed by atoms with Crippen molar-refractivity contribution in [2.45, 2.75) is 77.5 Å². The van der Waals surface area contributed by atoms with Crippen molar-refractivity contribution in [1.82, 2.24) is 9.88 Å². The fourth-order valence-corrected chi connectivity index (χ4v) is 4.09. The van der Waals surface area contributed by atoms with Crippen LogP contribution in [0.3, 0.4) is 0 Å². The Kier molecular flexibility index (Phi) is 6.82. The number of carbonyl (C=O) groups excluding carboxylic acids is 1. The summed E-state index contributed by atoms with van der Waals surface area (Å²) in [6.07, 6.45) is -0.0692. The third-order valence-electron chi connectivity index (χ3n) is 5.33. The second kappa shape index (κ2) is 8.50. The first-order valence-electron chi connectivity index (χ1n) is 10.0. The summed E-state index contributed by atoms with van der Waals surface area (Å²) >= 11 is 0. The number of hydrogen-bond donors (Lipinski definition) is 0. The van der Waals surface area contributed by atoms with E-state index in [2.05, 4.69) is 38.8 Å². The van der Waals surface area contributed by atoms with Crippen molar-refractivity contribution in [3.63, 3.8) is 0 Å². The van der Waals surface area contributed by atoms with Crippen molar-refractivity contribution >= 4 is 20.1 Å². The fraction of sp³-hybridized carbons (Fsp3) is 0.700. The number of hydrogen-bond acceptors (Lipinski definition) is 7. The van der Waals surface area contributed by atoms with E-state index in [1.54, 1.807) is 20.8 Å². The van der Waals surface area contributed by atoms with Gasteiger partial charge in [-0.1, -0.05) is 20.8 Å². The molecule has 9 nitrogen and oxygen atoms in total. The van der Waals surface area contributed by atoms with E-state index in [-0.39, 0.29) is 29.7 Å². The van der Waals surface area contributed by atoms with E-state index in [1.807, 2.05) is 0 Å². The Labute approximate surface area is 179 Å². The number of aromatic nitrogens is 1. The Morgan fingerprint density at radius 1 is 1.20 bits per heavy atom. The summed E-state index contributed by atoms with van der Waals surface area (Å²) in [4.78, 5) is 29.0. The lowest BCUT2D eigenvalue weighted by Crippen LogP contribution is -2.48. The molecule has 1 aliphatic rings.